The van der Waals surface area contributed by atoms with Crippen molar-refractivity contribution in [2.24, 2.45) is 0 Å². The van der Waals surface area contributed by atoms with Gasteiger partial charge in [0.1, 0.15) is 0 Å². The summed E-state index contributed by atoms with van der Waals surface area (Å²) in [6.07, 6.45) is 0. The van der Waals surface area contributed by atoms with E-state index in [0.717, 1.165) is 11.3 Å². The van der Waals surface area contributed by atoms with Crippen molar-refractivity contribution in [3.63, 3.8) is 0 Å². The number of nitrogens with zero attached hydrogens (tertiary/aromatic N) is 1. The van der Waals surface area contributed by atoms with E-state index in [9.17, 15) is 9.59 Å². The molecule has 0 aliphatic rings. The van der Waals surface area contributed by atoms with Gasteiger partial charge in [0, 0.05) is 36.8 Å². The molecule has 0 aromatic heterocycles. The van der Waals surface area contributed by atoms with Crippen LogP contribution in [0.4, 0.5) is 10.5 Å². The monoisotopic (exact) mass is 311 g/mol. The minimum atomic E-state index is -0.240. The molecule has 0 unspecified atom stereocenters. The molecule has 2 N–H and O–H groups in total. The van der Waals surface area contributed by atoms with E-state index < -0.39 is 0 Å². The maximum atomic E-state index is 11.8. The number of nitrogens with one attached hydrogen (secondary N) is 2. The molecule has 0 radical (unpaired) electrons. The first-order chi connectivity index (χ1) is 9.81. The largest absolute Gasteiger partial charge is 0.336 e. The fraction of sp³-hybridized carbons (Fsp3) is 0.467. The maximum Gasteiger partial charge on any atom is 0.315 e. The van der Waals surface area contributed by atoms with E-state index >= 15 is 0 Å². The Balaban J connectivity index is 2.69. The van der Waals surface area contributed by atoms with E-state index in [4.69, 9.17) is 11.6 Å². The zero-order valence-corrected chi connectivity index (χ0v) is 13.6. The van der Waals surface area contributed by atoms with Gasteiger partial charge in [-0.15, -0.1) is 0 Å². The molecular weight excluding hydrogens is 290 g/mol. The van der Waals surface area contributed by atoms with E-state index in [2.05, 4.69) is 10.6 Å². The first-order valence-corrected chi connectivity index (χ1v) is 7.27. The molecule has 0 aliphatic carbocycles. The number of rotatable bonds is 5. The van der Waals surface area contributed by atoms with E-state index in [-0.39, 0.29) is 18.0 Å². The second kappa shape index (κ2) is 7.88. The number of halogens is 1. The lowest BCUT2D eigenvalue weighted by Gasteiger charge is -2.23. The summed E-state index contributed by atoms with van der Waals surface area (Å²) in [5, 5.41) is 6.03. The number of benzene rings is 1. The Hall–Kier alpha value is -1.75. The summed E-state index contributed by atoms with van der Waals surface area (Å²) in [6.45, 7) is 7.94. The highest BCUT2D eigenvalue weighted by molar-refractivity contribution is 6.31. The molecule has 0 saturated heterocycles. The molecule has 5 nitrogen and oxygen atoms in total. The molecule has 1 aromatic rings. The van der Waals surface area contributed by atoms with Crippen molar-refractivity contribution in [3.8, 4) is 0 Å². The number of amides is 3. The maximum absolute atomic E-state index is 11.8. The van der Waals surface area contributed by atoms with Crippen molar-refractivity contribution in [2.45, 2.75) is 33.7 Å². The van der Waals surface area contributed by atoms with E-state index in [1.165, 1.54) is 6.92 Å². The van der Waals surface area contributed by atoms with Crippen LogP contribution in [0.1, 0.15) is 26.3 Å². The first-order valence-electron chi connectivity index (χ1n) is 6.90. The number of aryl methyl sites for hydroxylation is 1. The minimum absolute atomic E-state index is 0.0732. The van der Waals surface area contributed by atoms with Crippen molar-refractivity contribution in [1.82, 2.24) is 10.6 Å². The summed E-state index contributed by atoms with van der Waals surface area (Å²) >= 11 is 5.99. The van der Waals surface area contributed by atoms with Crippen molar-refractivity contribution in [3.05, 3.63) is 28.8 Å². The van der Waals surface area contributed by atoms with Crippen molar-refractivity contribution in [2.75, 3.05) is 18.0 Å². The van der Waals surface area contributed by atoms with Crippen molar-refractivity contribution < 1.29 is 9.59 Å². The topological polar surface area (TPSA) is 61.4 Å². The molecule has 3 amide bonds. The Labute approximate surface area is 130 Å². The van der Waals surface area contributed by atoms with Gasteiger partial charge in [0.15, 0.2) is 0 Å². The van der Waals surface area contributed by atoms with Crippen LogP contribution in [-0.2, 0) is 4.79 Å². The quantitative estimate of drug-likeness (QED) is 0.878. The van der Waals surface area contributed by atoms with Crippen LogP contribution in [0, 0.1) is 6.92 Å². The fourth-order valence-corrected chi connectivity index (χ4v) is 2.08. The Morgan fingerprint density at radius 3 is 2.57 bits per heavy atom. The highest BCUT2D eigenvalue weighted by Gasteiger charge is 2.14. The van der Waals surface area contributed by atoms with Gasteiger partial charge in [-0.05, 0) is 38.5 Å². The molecule has 1 aromatic carbocycles. The molecule has 6 heteroatoms. The molecule has 0 saturated carbocycles. The van der Waals surface area contributed by atoms with Crippen LogP contribution in [0.15, 0.2) is 18.2 Å². The van der Waals surface area contributed by atoms with Gasteiger partial charge in [0.05, 0.1) is 0 Å². The van der Waals surface area contributed by atoms with Crippen LogP contribution in [0.5, 0.6) is 0 Å². The summed E-state index contributed by atoms with van der Waals surface area (Å²) in [5.74, 6) is -0.0913. The van der Waals surface area contributed by atoms with E-state index in [1.54, 1.807) is 17.0 Å². The van der Waals surface area contributed by atoms with Gasteiger partial charge >= 0.3 is 6.03 Å². The van der Waals surface area contributed by atoms with Gasteiger partial charge in [-0.2, -0.15) is 0 Å². The molecule has 1 rings (SSSR count). The Morgan fingerprint density at radius 1 is 1.33 bits per heavy atom. The average molecular weight is 312 g/mol. The first kappa shape index (κ1) is 17.3. The molecule has 0 aliphatic heterocycles. The summed E-state index contributed by atoms with van der Waals surface area (Å²) in [5.41, 5.74) is 1.72. The summed E-state index contributed by atoms with van der Waals surface area (Å²) in [4.78, 5) is 24.9. The third-order valence-corrected chi connectivity index (χ3v) is 3.12. The van der Waals surface area contributed by atoms with Gasteiger partial charge in [0.2, 0.25) is 5.91 Å². The van der Waals surface area contributed by atoms with Gasteiger partial charge in [-0.25, -0.2) is 4.79 Å². The third-order valence-electron chi connectivity index (χ3n) is 2.88. The van der Waals surface area contributed by atoms with Crippen molar-refractivity contribution >= 4 is 29.2 Å². The van der Waals surface area contributed by atoms with Gasteiger partial charge in [-0.3, -0.25) is 4.79 Å². The van der Waals surface area contributed by atoms with Crippen LogP contribution in [0.25, 0.3) is 0 Å². The summed E-state index contributed by atoms with van der Waals surface area (Å²) in [7, 11) is 0. The number of hydrogen-bond acceptors (Lipinski definition) is 2. The smallest absolute Gasteiger partial charge is 0.315 e. The SMILES string of the molecule is CC(=O)N(CCNC(=O)NC(C)C)c1cc(Cl)ccc1C. The molecule has 0 heterocycles. The van der Waals surface area contributed by atoms with Crippen LogP contribution in [-0.4, -0.2) is 31.1 Å². The number of hydrogen-bond donors (Lipinski definition) is 2. The van der Waals surface area contributed by atoms with E-state index in [0.29, 0.717) is 18.1 Å². The summed E-state index contributed by atoms with van der Waals surface area (Å²) in [6, 6.07) is 5.24. The third kappa shape index (κ3) is 5.63. The van der Waals surface area contributed by atoms with Crippen LogP contribution < -0.4 is 15.5 Å². The molecule has 0 bridgehead atoms. The Bertz CT molecular complexity index is 518. The fourth-order valence-electron chi connectivity index (χ4n) is 1.92. The predicted molar refractivity (Wildman–Crippen MR) is 85.9 cm³/mol. The van der Waals surface area contributed by atoms with Gasteiger partial charge < -0.3 is 15.5 Å². The second-order valence-corrected chi connectivity index (χ2v) is 5.59. The highest BCUT2D eigenvalue weighted by Crippen LogP contribution is 2.24. The molecule has 21 heavy (non-hydrogen) atoms. The lowest BCUT2D eigenvalue weighted by Crippen LogP contribution is -2.43. The molecule has 0 spiro atoms. The standard InChI is InChI=1S/C15H22ClN3O2/c1-10(2)18-15(21)17-7-8-19(12(4)20)14-9-13(16)6-5-11(14)3/h5-6,9-10H,7-8H2,1-4H3,(H2,17,18,21). The lowest BCUT2D eigenvalue weighted by atomic mass is 10.2. The molecular formula is C15H22ClN3O2. The Morgan fingerprint density at radius 2 is 2.00 bits per heavy atom. The number of urea groups is 1. The predicted octanol–water partition coefficient (Wildman–Crippen LogP) is 2.71. The second-order valence-electron chi connectivity index (χ2n) is 5.16. The molecule has 0 atom stereocenters. The van der Waals surface area contributed by atoms with Gasteiger partial charge in [0.25, 0.3) is 0 Å². The minimum Gasteiger partial charge on any atom is -0.336 e. The highest BCUT2D eigenvalue weighted by atomic mass is 35.5. The van der Waals surface area contributed by atoms with Crippen LogP contribution in [0.3, 0.4) is 0 Å². The lowest BCUT2D eigenvalue weighted by molar-refractivity contribution is -0.116. The number of anilines is 1. The number of carbonyl (C=O) groups is 2. The van der Waals surface area contributed by atoms with E-state index in [1.807, 2.05) is 26.8 Å². The average Bonchev–Trinajstić information content (AvgIpc) is 2.36. The Kier molecular flexibility index (Phi) is 6.49. The zero-order valence-electron chi connectivity index (χ0n) is 12.9. The summed E-state index contributed by atoms with van der Waals surface area (Å²) < 4.78 is 0. The number of carbonyl (C=O) groups excluding carboxylic acids is 2. The van der Waals surface area contributed by atoms with Crippen LogP contribution in [0.2, 0.25) is 5.02 Å². The zero-order chi connectivity index (χ0) is 16.0. The van der Waals surface area contributed by atoms with Crippen LogP contribution >= 0.6 is 11.6 Å². The molecule has 0 fully saturated rings. The van der Waals surface area contributed by atoms with Gasteiger partial charge in [-0.1, -0.05) is 17.7 Å². The molecule has 116 valence electrons. The van der Waals surface area contributed by atoms with Crippen molar-refractivity contribution in [1.29, 1.82) is 0 Å². The normalized spacial score (nSPS) is 10.4.